The smallest absolute Gasteiger partial charge is 0.227 e. The average molecular weight is 464 g/mol. The van der Waals surface area contributed by atoms with Crippen molar-refractivity contribution in [3.8, 4) is 0 Å². The zero-order chi connectivity index (χ0) is 23.5. The van der Waals surface area contributed by atoms with E-state index >= 15 is 0 Å². The molecule has 1 aromatic heterocycles. The van der Waals surface area contributed by atoms with Crippen molar-refractivity contribution in [1.82, 2.24) is 24.7 Å². The third-order valence-electron chi connectivity index (χ3n) is 8.14. The number of hydrogen-bond donors (Lipinski definition) is 1. The van der Waals surface area contributed by atoms with Gasteiger partial charge in [0.05, 0.1) is 24.5 Å². The number of carbonyl (C=O) groups is 2. The molecule has 0 bridgehead atoms. The lowest BCUT2D eigenvalue weighted by Crippen LogP contribution is -2.48. The molecule has 1 aromatic carbocycles. The second-order valence-electron chi connectivity index (χ2n) is 10.3. The predicted molar refractivity (Wildman–Crippen MR) is 131 cm³/mol. The minimum Gasteiger partial charge on any atom is -0.348 e. The summed E-state index contributed by atoms with van der Waals surface area (Å²) in [7, 11) is 0. The van der Waals surface area contributed by atoms with Crippen LogP contribution in [0.15, 0.2) is 36.7 Å². The van der Waals surface area contributed by atoms with Gasteiger partial charge in [-0.1, -0.05) is 30.3 Å². The van der Waals surface area contributed by atoms with Gasteiger partial charge < -0.3 is 19.7 Å². The summed E-state index contributed by atoms with van der Waals surface area (Å²) in [5.74, 6) is 1.54. The van der Waals surface area contributed by atoms with Crippen LogP contribution in [0.5, 0.6) is 0 Å². The Labute approximate surface area is 202 Å². The van der Waals surface area contributed by atoms with Crippen LogP contribution in [0.25, 0.3) is 0 Å². The Hall–Kier alpha value is -2.67. The number of imidazole rings is 1. The van der Waals surface area contributed by atoms with Crippen LogP contribution in [-0.2, 0) is 22.4 Å². The van der Waals surface area contributed by atoms with E-state index in [0.29, 0.717) is 18.3 Å². The van der Waals surface area contributed by atoms with Gasteiger partial charge in [-0.2, -0.15) is 0 Å². The molecule has 0 spiro atoms. The van der Waals surface area contributed by atoms with Gasteiger partial charge in [0.2, 0.25) is 11.8 Å². The molecule has 1 unspecified atom stereocenters. The Morgan fingerprint density at radius 2 is 1.74 bits per heavy atom. The molecule has 0 saturated carbocycles. The summed E-state index contributed by atoms with van der Waals surface area (Å²) in [6.45, 7) is 7.53. The van der Waals surface area contributed by atoms with E-state index in [1.54, 1.807) is 13.3 Å². The molecule has 1 N–H and O–H groups in total. The van der Waals surface area contributed by atoms with Crippen molar-refractivity contribution in [3.05, 3.63) is 53.6 Å². The molecule has 7 nitrogen and oxygen atoms in total. The molecule has 0 radical (unpaired) electrons. The van der Waals surface area contributed by atoms with Crippen LogP contribution in [0, 0.1) is 11.8 Å². The molecule has 2 saturated heterocycles. The summed E-state index contributed by atoms with van der Waals surface area (Å²) in [4.78, 5) is 39.7. The average Bonchev–Trinajstić information content (AvgIpc) is 3.34. The van der Waals surface area contributed by atoms with E-state index in [1.165, 1.54) is 5.69 Å². The maximum atomic E-state index is 13.4. The Balaban J connectivity index is 1.21. The Kier molecular flexibility index (Phi) is 6.99. The largest absolute Gasteiger partial charge is 0.348 e. The molecule has 34 heavy (non-hydrogen) atoms. The summed E-state index contributed by atoms with van der Waals surface area (Å²) in [6, 6.07) is 10.1. The maximum absolute atomic E-state index is 13.4. The van der Waals surface area contributed by atoms with Crippen molar-refractivity contribution in [2.45, 2.75) is 51.5 Å². The SMILES string of the molecule is CC(=O)N1CCC(CN2CCC(C3c4nc[nH]c4CCN3C(=O)Cc3ccccc3)CC2)CC1. The van der Waals surface area contributed by atoms with Crippen molar-refractivity contribution in [2.75, 3.05) is 39.3 Å². The molecular formula is C27H37N5O2. The molecule has 3 aliphatic rings. The number of piperidine rings is 2. The lowest BCUT2D eigenvalue weighted by Gasteiger charge is -2.44. The summed E-state index contributed by atoms with van der Waals surface area (Å²) in [5.41, 5.74) is 3.36. The fraction of sp³-hybridized carbons (Fsp3) is 0.593. The molecule has 7 heteroatoms. The van der Waals surface area contributed by atoms with Crippen LogP contribution < -0.4 is 0 Å². The minimum atomic E-state index is 0.0761. The third kappa shape index (κ3) is 5.04. The Morgan fingerprint density at radius 1 is 1.00 bits per heavy atom. The van der Waals surface area contributed by atoms with Crippen LogP contribution in [-0.4, -0.2) is 75.8 Å². The van der Waals surface area contributed by atoms with Gasteiger partial charge in [-0.3, -0.25) is 9.59 Å². The number of carbonyl (C=O) groups excluding carboxylic acids is 2. The number of benzene rings is 1. The zero-order valence-electron chi connectivity index (χ0n) is 20.3. The first-order valence-corrected chi connectivity index (χ1v) is 12.9. The quantitative estimate of drug-likeness (QED) is 0.740. The highest BCUT2D eigenvalue weighted by Crippen LogP contribution is 2.39. The molecule has 4 heterocycles. The van der Waals surface area contributed by atoms with Crippen molar-refractivity contribution < 1.29 is 9.59 Å². The topological polar surface area (TPSA) is 72.5 Å². The van der Waals surface area contributed by atoms with Crippen LogP contribution in [0.3, 0.4) is 0 Å². The normalized spacial score (nSPS) is 22.6. The van der Waals surface area contributed by atoms with Gasteiger partial charge in [0, 0.05) is 45.2 Å². The number of amides is 2. The molecule has 5 rings (SSSR count). The maximum Gasteiger partial charge on any atom is 0.227 e. The number of aromatic amines is 1. The fourth-order valence-electron chi connectivity index (χ4n) is 6.18. The van der Waals surface area contributed by atoms with Crippen LogP contribution in [0.4, 0.5) is 0 Å². The van der Waals surface area contributed by atoms with E-state index in [2.05, 4.69) is 14.8 Å². The number of H-pyrrole nitrogens is 1. The van der Waals surface area contributed by atoms with Gasteiger partial charge >= 0.3 is 0 Å². The number of nitrogens with zero attached hydrogens (tertiary/aromatic N) is 4. The minimum absolute atomic E-state index is 0.0761. The molecular weight excluding hydrogens is 426 g/mol. The zero-order valence-corrected chi connectivity index (χ0v) is 20.3. The summed E-state index contributed by atoms with van der Waals surface area (Å²) in [6.07, 6.45) is 7.52. The Morgan fingerprint density at radius 3 is 2.44 bits per heavy atom. The van der Waals surface area contributed by atoms with Crippen molar-refractivity contribution in [1.29, 1.82) is 0 Å². The summed E-state index contributed by atoms with van der Waals surface area (Å²) < 4.78 is 0. The first-order chi connectivity index (χ1) is 16.6. The number of aromatic nitrogens is 2. The van der Waals surface area contributed by atoms with Crippen molar-refractivity contribution in [2.24, 2.45) is 11.8 Å². The lowest BCUT2D eigenvalue weighted by atomic mass is 9.83. The highest BCUT2D eigenvalue weighted by molar-refractivity contribution is 5.79. The van der Waals surface area contributed by atoms with E-state index in [0.717, 1.165) is 82.6 Å². The number of likely N-dealkylation sites (tertiary alicyclic amines) is 2. The molecule has 2 fully saturated rings. The van der Waals surface area contributed by atoms with Crippen LogP contribution in [0.2, 0.25) is 0 Å². The number of nitrogens with one attached hydrogen (secondary N) is 1. The predicted octanol–water partition coefficient (Wildman–Crippen LogP) is 3.05. The lowest BCUT2D eigenvalue weighted by molar-refractivity contribution is -0.135. The van der Waals surface area contributed by atoms with E-state index in [1.807, 2.05) is 35.2 Å². The second-order valence-corrected chi connectivity index (χ2v) is 10.3. The van der Waals surface area contributed by atoms with E-state index in [4.69, 9.17) is 4.98 Å². The van der Waals surface area contributed by atoms with Gasteiger partial charge in [0.15, 0.2) is 0 Å². The second kappa shape index (κ2) is 10.3. The van der Waals surface area contributed by atoms with Gasteiger partial charge in [0.25, 0.3) is 0 Å². The van der Waals surface area contributed by atoms with Crippen LogP contribution >= 0.6 is 0 Å². The first kappa shape index (κ1) is 23.1. The summed E-state index contributed by atoms with van der Waals surface area (Å²) >= 11 is 0. The van der Waals surface area contributed by atoms with Gasteiger partial charge in [-0.25, -0.2) is 4.98 Å². The van der Waals surface area contributed by atoms with Gasteiger partial charge in [0.1, 0.15) is 0 Å². The van der Waals surface area contributed by atoms with Gasteiger partial charge in [-0.05, 0) is 56.2 Å². The van der Waals surface area contributed by atoms with E-state index < -0.39 is 0 Å². The molecule has 2 aromatic rings. The molecule has 182 valence electrons. The molecule has 2 amide bonds. The van der Waals surface area contributed by atoms with E-state index in [-0.39, 0.29) is 17.9 Å². The Bertz CT molecular complexity index is 974. The third-order valence-corrected chi connectivity index (χ3v) is 8.14. The monoisotopic (exact) mass is 463 g/mol. The highest BCUT2D eigenvalue weighted by atomic mass is 16.2. The van der Waals surface area contributed by atoms with Crippen molar-refractivity contribution in [3.63, 3.8) is 0 Å². The standard InChI is InChI=1S/C27H37N5O2/c1-20(33)31-14-7-22(8-15-31)18-30-12-9-23(10-13-30)27-26-24(28-19-29-26)11-16-32(27)25(34)17-21-5-3-2-4-6-21/h2-6,19,22-23,27H,7-18H2,1H3,(H,28,29). The molecule has 0 aliphatic carbocycles. The van der Waals surface area contributed by atoms with Crippen LogP contribution in [0.1, 0.15) is 55.6 Å². The fourth-order valence-corrected chi connectivity index (χ4v) is 6.18. The summed E-state index contributed by atoms with van der Waals surface area (Å²) in [5, 5.41) is 0. The first-order valence-electron chi connectivity index (χ1n) is 12.9. The number of fused-ring (bicyclic) bond motifs is 1. The molecule has 3 aliphatic heterocycles. The highest BCUT2D eigenvalue weighted by Gasteiger charge is 2.39. The molecule has 1 atom stereocenters. The van der Waals surface area contributed by atoms with Crippen molar-refractivity contribution >= 4 is 11.8 Å². The van der Waals surface area contributed by atoms with Gasteiger partial charge in [-0.15, -0.1) is 0 Å². The number of hydrogen-bond acceptors (Lipinski definition) is 4. The number of rotatable bonds is 5. The van der Waals surface area contributed by atoms with E-state index in [9.17, 15) is 9.59 Å².